The molecule has 1 aliphatic rings. The molecule has 0 unspecified atom stereocenters. The molecule has 27 heavy (non-hydrogen) atoms. The Morgan fingerprint density at radius 3 is 2.81 bits per heavy atom. The van der Waals surface area contributed by atoms with E-state index in [0.29, 0.717) is 24.2 Å². The predicted octanol–water partition coefficient (Wildman–Crippen LogP) is 3.64. The van der Waals surface area contributed by atoms with Crippen LogP contribution in [0, 0.1) is 0 Å². The van der Waals surface area contributed by atoms with Gasteiger partial charge in [-0.25, -0.2) is 9.78 Å². The van der Waals surface area contributed by atoms with E-state index in [4.69, 9.17) is 0 Å². The van der Waals surface area contributed by atoms with Crippen molar-refractivity contribution < 1.29 is 9.59 Å². The van der Waals surface area contributed by atoms with Gasteiger partial charge in [-0.3, -0.25) is 4.79 Å². The van der Waals surface area contributed by atoms with E-state index in [1.807, 2.05) is 44.2 Å². The van der Waals surface area contributed by atoms with E-state index in [2.05, 4.69) is 20.9 Å². The smallest absolute Gasteiger partial charge is 0.320 e. The summed E-state index contributed by atoms with van der Waals surface area (Å²) in [7, 11) is 0. The summed E-state index contributed by atoms with van der Waals surface area (Å²) >= 11 is 1.57. The molecule has 2 aromatic carbocycles. The summed E-state index contributed by atoms with van der Waals surface area (Å²) in [6, 6.07) is 13.0. The molecule has 6 nitrogen and oxygen atoms in total. The summed E-state index contributed by atoms with van der Waals surface area (Å²) in [4.78, 5) is 29.3. The molecule has 0 saturated carbocycles. The van der Waals surface area contributed by atoms with Gasteiger partial charge in [-0.15, -0.1) is 11.3 Å². The van der Waals surface area contributed by atoms with Crippen molar-refractivity contribution >= 4 is 39.2 Å². The summed E-state index contributed by atoms with van der Waals surface area (Å²) in [6.45, 7) is 4.43. The molecule has 3 N–H and O–H groups in total. The Labute approximate surface area is 161 Å². The maximum atomic E-state index is 12.6. The molecule has 0 aliphatic carbocycles. The normalized spacial score (nSPS) is 13.8. The number of rotatable bonds is 3. The lowest BCUT2D eigenvalue weighted by Gasteiger charge is -2.25. The largest absolute Gasteiger partial charge is 0.352 e. The van der Waals surface area contributed by atoms with Gasteiger partial charge in [-0.05, 0) is 50.1 Å². The molecule has 3 amide bonds. The molecule has 0 radical (unpaired) electrons. The predicted molar refractivity (Wildman–Crippen MR) is 107 cm³/mol. The van der Waals surface area contributed by atoms with Gasteiger partial charge in [0.15, 0.2) is 0 Å². The Morgan fingerprint density at radius 1 is 1.19 bits per heavy atom. The molecule has 0 fully saturated rings. The first-order valence-electron chi connectivity index (χ1n) is 8.79. The van der Waals surface area contributed by atoms with Gasteiger partial charge in [-0.2, -0.15) is 0 Å². The second-order valence-electron chi connectivity index (χ2n) is 7.03. The number of urea groups is 1. The number of anilines is 1. The topological polar surface area (TPSA) is 83.1 Å². The van der Waals surface area contributed by atoms with Crippen molar-refractivity contribution in [3.05, 3.63) is 58.6 Å². The number of hydrogen-bond acceptors (Lipinski definition) is 4. The fraction of sp³-hybridized carbons (Fsp3) is 0.250. The second kappa shape index (κ2) is 6.66. The SMILES string of the molecule is CC(C)(NC(=O)Nc1cccc2c1CCNC2=O)c1nc2ccccc2s1. The summed E-state index contributed by atoms with van der Waals surface area (Å²) in [5.74, 6) is -0.102. The van der Waals surface area contributed by atoms with Gasteiger partial charge in [-0.1, -0.05) is 18.2 Å². The molecule has 2 heterocycles. The number of nitrogens with zero attached hydrogens (tertiary/aromatic N) is 1. The van der Waals surface area contributed by atoms with E-state index < -0.39 is 5.54 Å². The number of carbonyl (C=O) groups excluding carboxylic acids is 2. The van der Waals surface area contributed by atoms with Crippen molar-refractivity contribution in [2.24, 2.45) is 0 Å². The van der Waals surface area contributed by atoms with Crippen LogP contribution in [0.15, 0.2) is 42.5 Å². The summed E-state index contributed by atoms with van der Waals surface area (Å²) in [5, 5.41) is 9.55. The highest BCUT2D eigenvalue weighted by Gasteiger charge is 2.27. The van der Waals surface area contributed by atoms with E-state index >= 15 is 0 Å². The lowest BCUT2D eigenvalue weighted by atomic mass is 9.98. The monoisotopic (exact) mass is 380 g/mol. The number of benzene rings is 2. The van der Waals surface area contributed by atoms with Crippen LogP contribution in [-0.2, 0) is 12.0 Å². The number of nitrogens with one attached hydrogen (secondary N) is 3. The van der Waals surface area contributed by atoms with Gasteiger partial charge in [0.2, 0.25) is 0 Å². The minimum atomic E-state index is -0.625. The zero-order valence-electron chi connectivity index (χ0n) is 15.1. The highest BCUT2D eigenvalue weighted by Crippen LogP contribution is 2.30. The van der Waals surface area contributed by atoms with E-state index in [9.17, 15) is 9.59 Å². The van der Waals surface area contributed by atoms with Crippen molar-refractivity contribution in [2.45, 2.75) is 25.8 Å². The summed E-state index contributed by atoms with van der Waals surface area (Å²) in [6.07, 6.45) is 0.693. The van der Waals surface area contributed by atoms with Crippen LogP contribution >= 0.6 is 11.3 Å². The minimum Gasteiger partial charge on any atom is -0.352 e. The number of amides is 3. The van der Waals surface area contributed by atoms with Gasteiger partial charge in [0.1, 0.15) is 5.01 Å². The van der Waals surface area contributed by atoms with Crippen molar-refractivity contribution in [3.8, 4) is 0 Å². The number of para-hydroxylation sites is 1. The van der Waals surface area contributed by atoms with Crippen LogP contribution in [-0.4, -0.2) is 23.5 Å². The van der Waals surface area contributed by atoms with E-state index in [0.717, 1.165) is 20.8 Å². The number of fused-ring (bicyclic) bond motifs is 2. The molecular formula is C20H20N4O2S. The van der Waals surface area contributed by atoms with Crippen molar-refractivity contribution in [3.63, 3.8) is 0 Å². The first-order chi connectivity index (χ1) is 12.9. The molecule has 3 aromatic rings. The lowest BCUT2D eigenvalue weighted by Crippen LogP contribution is -2.43. The second-order valence-corrected chi connectivity index (χ2v) is 8.06. The molecule has 0 bridgehead atoms. The van der Waals surface area contributed by atoms with Crippen LogP contribution in [0.4, 0.5) is 10.5 Å². The Bertz CT molecular complexity index is 1010. The standard InChI is InChI=1S/C20H20N4O2S/c1-20(2,18-22-15-7-3-4-9-16(15)27-18)24-19(26)23-14-8-5-6-13-12(14)10-11-21-17(13)25/h3-9H,10-11H2,1-2H3,(H,21,25)(H2,23,24,26). The third-order valence-corrected chi connectivity index (χ3v) is 5.94. The highest BCUT2D eigenvalue weighted by atomic mass is 32.1. The quantitative estimate of drug-likeness (QED) is 0.649. The Balaban J connectivity index is 1.54. The van der Waals surface area contributed by atoms with Gasteiger partial charge in [0, 0.05) is 17.8 Å². The first-order valence-corrected chi connectivity index (χ1v) is 9.61. The number of carbonyl (C=O) groups is 2. The van der Waals surface area contributed by atoms with E-state index in [1.54, 1.807) is 23.5 Å². The number of hydrogen-bond donors (Lipinski definition) is 3. The zero-order chi connectivity index (χ0) is 19.0. The molecule has 1 aromatic heterocycles. The lowest BCUT2D eigenvalue weighted by molar-refractivity contribution is 0.0946. The minimum absolute atomic E-state index is 0.102. The number of aromatic nitrogens is 1. The molecule has 0 atom stereocenters. The van der Waals surface area contributed by atoms with Crippen molar-refractivity contribution in [1.29, 1.82) is 0 Å². The Hall–Kier alpha value is -2.93. The first kappa shape index (κ1) is 17.5. The van der Waals surface area contributed by atoms with Crippen LogP contribution < -0.4 is 16.0 Å². The zero-order valence-corrected chi connectivity index (χ0v) is 15.9. The maximum Gasteiger partial charge on any atom is 0.320 e. The summed E-state index contributed by atoms with van der Waals surface area (Å²) in [5.41, 5.74) is 2.45. The van der Waals surface area contributed by atoms with E-state index in [-0.39, 0.29) is 11.9 Å². The molecule has 0 saturated heterocycles. The van der Waals surface area contributed by atoms with Crippen molar-refractivity contribution in [2.75, 3.05) is 11.9 Å². The van der Waals surface area contributed by atoms with Crippen LogP contribution in [0.1, 0.15) is 34.8 Å². The van der Waals surface area contributed by atoms with Crippen LogP contribution in [0.2, 0.25) is 0 Å². The van der Waals surface area contributed by atoms with Crippen molar-refractivity contribution in [1.82, 2.24) is 15.6 Å². The third-order valence-electron chi connectivity index (χ3n) is 4.58. The molecular weight excluding hydrogens is 360 g/mol. The molecule has 1 aliphatic heterocycles. The van der Waals surface area contributed by atoms with Gasteiger partial charge in [0.05, 0.1) is 15.8 Å². The van der Waals surface area contributed by atoms with Gasteiger partial charge in [0.25, 0.3) is 5.91 Å². The number of thiazole rings is 1. The molecule has 0 spiro atoms. The fourth-order valence-corrected chi connectivity index (χ4v) is 4.24. The average Bonchev–Trinajstić information content (AvgIpc) is 3.07. The molecule has 4 rings (SSSR count). The van der Waals surface area contributed by atoms with Crippen LogP contribution in [0.3, 0.4) is 0 Å². The highest BCUT2D eigenvalue weighted by molar-refractivity contribution is 7.18. The van der Waals surface area contributed by atoms with Crippen LogP contribution in [0.25, 0.3) is 10.2 Å². The Kier molecular flexibility index (Phi) is 4.31. The van der Waals surface area contributed by atoms with Gasteiger partial charge >= 0.3 is 6.03 Å². The fourth-order valence-electron chi connectivity index (χ4n) is 3.21. The maximum absolute atomic E-state index is 12.6. The van der Waals surface area contributed by atoms with E-state index in [1.165, 1.54) is 0 Å². The van der Waals surface area contributed by atoms with Gasteiger partial charge < -0.3 is 16.0 Å². The average molecular weight is 380 g/mol. The van der Waals surface area contributed by atoms with Crippen LogP contribution in [0.5, 0.6) is 0 Å². The molecule has 7 heteroatoms. The Morgan fingerprint density at radius 2 is 2.00 bits per heavy atom. The molecule has 138 valence electrons. The summed E-state index contributed by atoms with van der Waals surface area (Å²) < 4.78 is 1.09. The third kappa shape index (κ3) is 3.38.